The molecule has 1 unspecified atom stereocenters. The van der Waals surface area contributed by atoms with E-state index in [1.165, 1.54) is 18.0 Å². The van der Waals surface area contributed by atoms with Crippen LogP contribution in [0.4, 0.5) is 10.2 Å². The van der Waals surface area contributed by atoms with E-state index in [1.54, 1.807) is 6.07 Å². The lowest BCUT2D eigenvalue weighted by Gasteiger charge is -2.31. The van der Waals surface area contributed by atoms with Gasteiger partial charge in [-0.3, -0.25) is 4.90 Å². The van der Waals surface area contributed by atoms with Crippen LogP contribution in [0.25, 0.3) is 10.9 Å². The zero-order valence-corrected chi connectivity index (χ0v) is 14.4. The zero-order valence-electron chi connectivity index (χ0n) is 14.4. The molecule has 3 aromatic rings. The lowest BCUT2D eigenvalue weighted by Crippen LogP contribution is -2.40. The van der Waals surface area contributed by atoms with E-state index in [0.29, 0.717) is 16.7 Å². The Morgan fingerprint density at radius 3 is 2.65 bits per heavy atom. The molecule has 6 heteroatoms. The van der Waals surface area contributed by atoms with Gasteiger partial charge in [0.2, 0.25) is 0 Å². The highest BCUT2D eigenvalue weighted by atomic mass is 19.1. The van der Waals surface area contributed by atoms with Crippen LogP contribution in [0.5, 0.6) is 0 Å². The second-order valence-electron chi connectivity index (χ2n) is 6.38. The van der Waals surface area contributed by atoms with Crippen molar-refractivity contribution in [2.45, 2.75) is 6.04 Å². The summed E-state index contributed by atoms with van der Waals surface area (Å²) in [6, 6.07) is 15.2. The van der Waals surface area contributed by atoms with Crippen molar-refractivity contribution in [2.24, 2.45) is 0 Å². The number of benzene rings is 2. The van der Waals surface area contributed by atoms with Gasteiger partial charge in [-0.05, 0) is 17.7 Å². The van der Waals surface area contributed by atoms with Gasteiger partial charge in [-0.25, -0.2) is 14.4 Å². The van der Waals surface area contributed by atoms with Gasteiger partial charge in [0.25, 0.3) is 0 Å². The van der Waals surface area contributed by atoms with Crippen molar-refractivity contribution < 1.29 is 9.13 Å². The molecule has 0 bridgehead atoms. The summed E-state index contributed by atoms with van der Waals surface area (Å²) in [5.41, 5.74) is 1.50. The molecule has 1 N–H and O–H groups in total. The normalized spacial score (nSPS) is 16.5. The van der Waals surface area contributed by atoms with Crippen molar-refractivity contribution >= 4 is 16.7 Å². The van der Waals surface area contributed by atoms with Gasteiger partial charge < -0.3 is 10.1 Å². The first-order chi connectivity index (χ1) is 12.8. The Kier molecular flexibility index (Phi) is 5.04. The number of ether oxygens (including phenoxy) is 1. The number of halogens is 1. The van der Waals surface area contributed by atoms with Crippen LogP contribution in [0.3, 0.4) is 0 Å². The monoisotopic (exact) mass is 352 g/mol. The second-order valence-corrected chi connectivity index (χ2v) is 6.38. The highest BCUT2D eigenvalue weighted by molar-refractivity contribution is 5.89. The maximum atomic E-state index is 14.1. The molecule has 1 aliphatic rings. The lowest BCUT2D eigenvalue weighted by molar-refractivity contribution is 0.0361. The number of hydrogen-bond acceptors (Lipinski definition) is 5. The standard InChI is InChI=1S/C20H21FN4O/c21-17-8-4-7-16-19(17)22-14-23-20(16)24-18(15-5-2-1-3-6-15)13-25-9-11-26-12-10-25/h1-8,14,18H,9-13H2,(H,22,23,24). The van der Waals surface area contributed by atoms with Gasteiger partial charge in [0.1, 0.15) is 23.5 Å². The number of rotatable bonds is 5. The minimum absolute atomic E-state index is 0.0377. The Bertz CT molecular complexity index is 868. The first-order valence-electron chi connectivity index (χ1n) is 8.82. The molecule has 5 nitrogen and oxygen atoms in total. The third-order valence-electron chi connectivity index (χ3n) is 4.67. The van der Waals surface area contributed by atoms with E-state index in [2.05, 4.69) is 32.3 Å². The molecule has 1 aliphatic heterocycles. The van der Waals surface area contributed by atoms with Crippen molar-refractivity contribution in [1.82, 2.24) is 14.9 Å². The van der Waals surface area contributed by atoms with Crippen LogP contribution in [0.2, 0.25) is 0 Å². The van der Waals surface area contributed by atoms with E-state index < -0.39 is 0 Å². The summed E-state index contributed by atoms with van der Waals surface area (Å²) >= 11 is 0. The van der Waals surface area contributed by atoms with Crippen LogP contribution < -0.4 is 5.32 Å². The van der Waals surface area contributed by atoms with Crippen molar-refractivity contribution in [3.8, 4) is 0 Å². The number of hydrogen-bond donors (Lipinski definition) is 1. The van der Waals surface area contributed by atoms with Crippen molar-refractivity contribution in [3.63, 3.8) is 0 Å². The Hall–Kier alpha value is -2.57. The lowest BCUT2D eigenvalue weighted by atomic mass is 10.1. The van der Waals surface area contributed by atoms with Crippen LogP contribution in [0.1, 0.15) is 11.6 Å². The molecule has 1 fully saturated rings. The molecule has 1 aromatic heterocycles. The van der Waals surface area contributed by atoms with Gasteiger partial charge in [-0.1, -0.05) is 36.4 Å². The molecular formula is C20H21FN4O. The molecule has 134 valence electrons. The number of para-hydroxylation sites is 1. The summed E-state index contributed by atoms with van der Waals surface area (Å²) < 4.78 is 19.5. The summed E-state index contributed by atoms with van der Waals surface area (Å²) in [5, 5.41) is 4.20. The summed E-state index contributed by atoms with van der Waals surface area (Å²) in [6.45, 7) is 4.15. The molecule has 2 heterocycles. The Morgan fingerprint density at radius 2 is 1.85 bits per heavy atom. The third kappa shape index (κ3) is 3.66. The van der Waals surface area contributed by atoms with E-state index in [4.69, 9.17) is 4.74 Å². The highest BCUT2D eigenvalue weighted by Gasteiger charge is 2.20. The Morgan fingerprint density at radius 1 is 1.04 bits per heavy atom. The van der Waals surface area contributed by atoms with Crippen LogP contribution in [-0.2, 0) is 4.74 Å². The molecule has 0 radical (unpaired) electrons. The average molecular weight is 352 g/mol. The van der Waals surface area contributed by atoms with Gasteiger partial charge in [0.05, 0.1) is 19.3 Å². The van der Waals surface area contributed by atoms with Gasteiger partial charge in [0, 0.05) is 25.0 Å². The quantitative estimate of drug-likeness (QED) is 0.764. The fourth-order valence-electron chi connectivity index (χ4n) is 3.29. The predicted molar refractivity (Wildman–Crippen MR) is 99.6 cm³/mol. The smallest absolute Gasteiger partial charge is 0.149 e. The topological polar surface area (TPSA) is 50.3 Å². The summed E-state index contributed by atoms with van der Waals surface area (Å²) in [6.07, 6.45) is 1.41. The third-order valence-corrected chi connectivity index (χ3v) is 4.67. The minimum Gasteiger partial charge on any atom is -0.379 e. The molecule has 0 saturated carbocycles. The van der Waals surface area contributed by atoms with E-state index in [1.807, 2.05) is 24.3 Å². The molecule has 0 spiro atoms. The summed E-state index contributed by atoms with van der Waals surface area (Å²) in [5.74, 6) is 0.314. The Balaban J connectivity index is 1.65. The SMILES string of the molecule is Fc1cccc2c(NC(CN3CCOCC3)c3ccccc3)ncnc12. The highest BCUT2D eigenvalue weighted by Crippen LogP contribution is 2.26. The van der Waals surface area contributed by atoms with E-state index >= 15 is 0 Å². The van der Waals surface area contributed by atoms with E-state index in [9.17, 15) is 4.39 Å². The predicted octanol–water partition coefficient (Wildman–Crippen LogP) is 3.25. The molecule has 4 rings (SSSR count). The van der Waals surface area contributed by atoms with Gasteiger partial charge >= 0.3 is 0 Å². The number of fused-ring (bicyclic) bond motifs is 1. The minimum atomic E-state index is -0.336. The number of nitrogens with zero attached hydrogens (tertiary/aromatic N) is 3. The first-order valence-corrected chi connectivity index (χ1v) is 8.82. The molecule has 1 atom stereocenters. The van der Waals surface area contributed by atoms with Gasteiger partial charge in [-0.2, -0.15) is 0 Å². The van der Waals surface area contributed by atoms with Crippen LogP contribution in [0.15, 0.2) is 54.9 Å². The van der Waals surface area contributed by atoms with Crippen LogP contribution >= 0.6 is 0 Å². The average Bonchev–Trinajstić information content (AvgIpc) is 2.70. The van der Waals surface area contributed by atoms with Gasteiger partial charge in [-0.15, -0.1) is 0 Å². The number of nitrogens with one attached hydrogen (secondary N) is 1. The summed E-state index contributed by atoms with van der Waals surface area (Å²) in [7, 11) is 0. The molecule has 0 aliphatic carbocycles. The van der Waals surface area contributed by atoms with Crippen LogP contribution in [0, 0.1) is 5.82 Å². The second kappa shape index (κ2) is 7.76. The molecule has 26 heavy (non-hydrogen) atoms. The first kappa shape index (κ1) is 16.9. The van der Waals surface area contributed by atoms with Crippen molar-refractivity contribution in [3.05, 3.63) is 66.2 Å². The molecular weight excluding hydrogens is 331 g/mol. The Labute approximate surface area is 151 Å². The number of morpholine rings is 1. The van der Waals surface area contributed by atoms with Gasteiger partial charge in [0.15, 0.2) is 0 Å². The maximum absolute atomic E-state index is 14.1. The fourth-order valence-corrected chi connectivity index (χ4v) is 3.29. The van der Waals surface area contributed by atoms with Crippen molar-refractivity contribution in [2.75, 3.05) is 38.2 Å². The molecule has 0 amide bonds. The largest absolute Gasteiger partial charge is 0.379 e. The maximum Gasteiger partial charge on any atom is 0.149 e. The van der Waals surface area contributed by atoms with E-state index in [-0.39, 0.29) is 11.9 Å². The van der Waals surface area contributed by atoms with Crippen molar-refractivity contribution in [1.29, 1.82) is 0 Å². The number of anilines is 1. The molecule has 1 saturated heterocycles. The van der Waals surface area contributed by atoms with Crippen LogP contribution in [-0.4, -0.2) is 47.7 Å². The number of aromatic nitrogens is 2. The zero-order chi connectivity index (χ0) is 17.8. The molecule has 2 aromatic carbocycles. The fraction of sp³-hybridized carbons (Fsp3) is 0.300. The van der Waals surface area contributed by atoms with E-state index in [0.717, 1.165) is 32.8 Å². The summed E-state index contributed by atoms with van der Waals surface area (Å²) in [4.78, 5) is 10.8.